The van der Waals surface area contributed by atoms with Crippen molar-refractivity contribution in [3.8, 4) is 0 Å². The highest BCUT2D eigenvalue weighted by Gasteiger charge is 2.35. The Balaban J connectivity index is 1.95. The number of carbonyl (C=O) groups excluding carboxylic acids is 2. The molecule has 1 aromatic rings. The average molecular weight is 310 g/mol. The monoisotopic (exact) mass is 310 g/mol. The number of benzene rings is 1. The van der Waals surface area contributed by atoms with Crippen LogP contribution in [0.15, 0.2) is 30.3 Å². The lowest BCUT2D eigenvalue weighted by molar-refractivity contribution is -0.125. The second-order valence-electron chi connectivity index (χ2n) is 4.49. The van der Waals surface area contributed by atoms with E-state index in [0.29, 0.717) is 11.3 Å². The molecule has 1 heterocycles. The van der Waals surface area contributed by atoms with Crippen molar-refractivity contribution < 1.29 is 14.7 Å². The first-order valence-electron chi connectivity index (χ1n) is 6.52. The van der Waals surface area contributed by atoms with Crippen LogP contribution >= 0.6 is 11.8 Å². The lowest BCUT2D eigenvalue weighted by atomic mass is 10.1. The summed E-state index contributed by atoms with van der Waals surface area (Å²) in [4.78, 5) is 24.1. The molecule has 0 bridgehead atoms. The number of aliphatic hydroxyl groups excluding tert-OH is 1. The van der Waals surface area contributed by atoms with Gasteiger partial charge in [-0.1, -0.05) is 18.2 Å². The molecule has 21 heavy (non-hydrogen) atoms. The molecule has 1 saturated heterocycles. The molecule has 0 spiro atoms. The zero-order chi connectivity index (χ0) is 15.2. The normalized spacial score (nSPS) is 25.2. The van der Waals surface area contributed by atoms with E-state index < -0.39 is 12.2 Å². The Bertz CT molecular complexity index is 499. The standard InChI is InChI=1S/C13H18N4O3S/c14-10-9(12(20)17-13(16-10)21-7-6-18)15-11(19)8-4-2-1-3-5-8/h1-5,9-10,13,16,18H,6-7,14H2,(H,15,19)(H,17,20). The molecular weight excluding hydrogens is 292 g/mol. The molecule has 1 aliphatic heterocycles. The van der Waals surface area contributed by atoms with Gasteiger partial charge in [0.05, 0.1) is 12.8 Å². The first-order chi connectivity index (χ1) is 10.1. The van der Waals surface area contributed by atoms with Crippen molar-refractivity contribution in [2.75, 3.05) is 12.4 Å². The third kappa shape index (κ3) is 4.18. The highest BCUT2D eigenvalue weighted by molar-refractivity contribution is 7.99. The van der Waals surface area contributed by atoms with Crippen LogP contribution < -0.4 is 21.7 Å². The van der Waals surface area contributed by atoms with Crippen LogP contribution in [0.1, 0.15) is 10.4 Å². The molecule has 0 aromatic heterocycles. The number of nitrogens with one attached hydrogen (secondary N) is 3. The number of rotatable bonds is 5. The Kier molecular flexibility index (Phi) is 5.57. The quantitative estimate of drug-likeness (QED) is 0.466. The highest BCUT2D eigenvalue weighted by Crippen LogP contribution is 2.10. The minimum Gasteiger partial charge on any atom is -0.396 e. The number of carbonyl (C=O) groups is 2. The minimum absolute atomic E-state index is 0.0160. The Labute approximate surface area is 126 Å². The molecule has 8 heteroatoms. The molecule has 3 atom stereocenters. The van der Waals surface area contributed by atoms with Gasteiger partial charge in [-0.25, -0.2) is 0 Å². The largest absolute Gasteiger partial charge is 0.396 e. The molecule has 114 valence electrons. The van der Waals surface area contributed by atoms with E-state index in [0.717, 1.165) is 0 Å². The summed E-state index contributed by atoms with van der Waals surface area (Å²) in [6, 6.07) is 7.78. The van der Waals surface area contributed by atoms with E-state index in [4.69, 9.17) is 10.8 Å². The summed E-state index contributed by atoms with van der Waals surface area (Å²) in [6.45, 7) is 0.0160. The van der Waals surface area contributed by atoms with Crippen LogP contribution in [0.4, 0.5) is 0 Å². The molecule has 1 aliphatic rings. The maximum absolute atomic E-state index is 12.0. The van der Waals surface area contributed by atoms with Crippen molar-refractivity contribution in [1.82, 2.24) is 16.0 Å². The van der Waals surface area contributed by atoms with Gasteiger partial charge in [-0.05, 0) is 12.1 Å². The van der Waals surface area contributed by atoms with Crippen molar-refractivity contribution in [2.24, 2.45) is 5.73 Å². The van der Waals surface area contributed by atoms with E-state index in [9.17, 15) is 9.59 Å². The van der Waals surface area contributed by atoms with E-state index in [2.05, 4.69) is 16.0 Å². The summed E-state index contributed by atoms with van der Waals surface area (Å²) in [5.41, 5.74) is 5.99. The second-order valence-corrected chi connectivity index (χ2v) is 5.71. The van der Waals surface area contributed by atoms with Gasteiger partial charge in [0.2, 0.25) is 5.91 Å². The fourth-order valence-corrected chi connectivity index (χ4v) is 2.72. The van der Waals surface area contributed by atoms with E-state index in [1.807, 2.05) is 0 Å². The summed E-state index contributed by atoms with van der Waals surface area (Å²) in [7, 11) is 0. The fourth-order valence-electron chi connectivity index (χ4n) is 1.92. The third-order valence-corrected chi connectivity index (χ3v) is 3.96. The lowest BCUT2D eigenvalue weighted by Crippen LogP contribution is -2.70. The predicted octanol–water partition coefficient (Wildman–Crippen LogP) is -1.20. The molecule has 0 radical (unpaired) electrons. The minimum atomic E-state index is -0.844. The number of nitrogens with two attached hydrogens (primary N) is 1. The van der Waals surface area contributed by atoms with Gasteiger partial charge in [0.25, 0.3) is 5.91 Å². The summed E-state index contributed by atoms with van der Waals surface area (Å²) < 4.78 is 0. The summed E-state index contributed by atoms with van der Waals surface area (Å²) in [6.07, 6.45) is -0.692. The lowest BCUT2D eigenvalue weighted by Gasteiger charge is -2.35. The summed E-state index contributed by atoms with van der Waals surface area (Å²) in [5, 5.41) is 17.1. The number of hydrogen-bond donors (Lipinski definition) is 5. The van der Waals surface area contributed by atoms with Crippen molar-refractivity contribution in [3.63, 3.8) is 0 Å². The van der Waals surface area contributed by atoms with Crippen LogP contribution in [0, 0.1) is 0 Å². The first kappa shape index (κ1) is 15.8. The van der Waals surface area contributed by atoms with Crippen LogP contribution in [-0.4, -0.2) is 47.0 Å². The molecule has 6 N–H and O–H groups in total. The maximum atomic E-state index is 12.0. The van der Waals surface area contributed by atoms with Crippen molar-refractivity contribution in [2.45, 2.75) is 17.7 Å². The van der Waals surface area contributed by atoms with E-state index in [1.54, 1.807) is 30.3 Å². The molecule has 1 aromatic carbocycles. The van der Waals surface area contributed by atoms with Crippen molar-refractivity contribution in [3.05, 3.63) is 35.9 Å². The van der Waals surface area contributed by atoms with Gasteiger partial charge in [0, 0.05) is 11.3 Å². The number of amides is 2. The van der Waals surface area contributed by atoms with Gasteiger partial charge < -0.3 is 21.5 Å². The Hall–Kier alpha value is -1.61. The first-order valence-corrected chi connectivity index (χ1v) is 7.57. The van der Waals surface area contributed by atoms with Crippen molar-refractivity contribution in [1.29, 1.82) is 0 Å². The number of aliphatic hydroxyl groups is 1. The molecule has 2 rings (SSSR count). The topological polar surface area (TPSA) is 116 Å². The number of hydrogen-bond acceptors (Lipinski definition) is 6. The third-order valence-electron chi connectivity index (χ3n) is 2.96. The molecule has 0 saturated carbocycles. The molecule has 0 aliphatic carbocycles. The van der Waals surface area contributed by atoms with Gasteiger partial charge in [0.15, 0.2) is 0 Å². The number of thioether (sulfide) groups is 1. The van der Waals surface area contributed by atoms with Gasteiger partial charge in [-0.2, -0.15) is 0 Å². The van der Waals surface area contributed by atoms with E-state index >= 15 is 0 Å². The molecule has 2 amide bonds. The summed E-state index contributed by atoms with van der Waals surface area (Å²) in [5.74, 6) is -0.221. The predicted molar refractivity (Wildman–Crippen MR) is 80.3 cm³/mol. The molecule has 1 fully saturated rings. The Morgan fingerprint density at radius 1 is 1.38 bits per heavy atom. The van der Waals surface area contributed by atoms with Crippen LogP contribution in [0.25, 0.3) is 0 Å². The second kappa shape index (κ2) is 7.41. The van der Waals surface area contributed by atoms with Crippen molar-refractivity contribution >= 4 is 23.6 Å². The van der Waals surface area contributed by atoms with Crippen LogP contribution in [0.5, 0.6) is 0 Å². The molecule has 7 nitrogen and oxygen atoms in total. The molecule has 3 unspecified atom stereocenters. The maximum Gasteiger partial charge on any atom is 0.252 e. The smallest absolute Gasteiger partial charge is 0.252 e. The zero-order valence-corrected chi connectivity index (χ0v) is 12.1. The average Bonchev–Trinajstić information content (AvgIpc) is 2.49. The van der Waals surface area contributed by atoms with Crippen LogP contribution in [0.2, 0.25) is 0 Å². The fraction of sp³-hybridized carbons (Fsp3) is 0.385. The Morgan fingerprint density at radius 3 is 2.71 bits per heavy atom. The van der Waals surface area contributed by atoms with Crippen LogP contribution in [0.3, 0.4) is 0 Å². The van der Waals surface area contributed by atoms with Gasteiger partial charge >= 0.3 is 0 Å². The zero-order valence-electron chi connectivity index (χ0n) is 11.3. The SMILES string of the molecule is NC1NC(SCCO)NC(=O)C1NC(=O)c1ccccc1. The van der Waals surface area contributed by atoms with Gasteiger partial charge in [-0.15, -0.1) is 11.8 Å². The van der Waals surface area contributed by atoms with Gasteiger partial charge in [0.1, 0.15) is 11.5 Å². The van der Waals surface area contributed by atoms with E-state index in [1.165, 1.54) is 11.8 Å². The van der Waals surface area contributed by atoms with Crippen LogP contribution in [-0.2, 0) is 4.79 Å². The van der Waals surface area contributed by atoms with E-state index in [-0.39, 0.29) is 23.9 Å². The highest BCUT2D eigenvalue weighted by atomic mass is 32.2. The van der Waals surface area contributed by atoms with Gasteiger partial charge in [-0.3, -0.25) is 14.9 Å². The Morgan fingerprint density at radius 2 is 2.10 bits per heavy atom. The summed E-state index contributed by atoms with van der Waals surface area (Å²) >= 11 is 1.34. The molecular formula is C13H18N4O3S.